The molecule has 2 aliphatic heterocycles. The van der Waals surface area contributed by atoms with Gasteiger partial charge in [0, 0.05) is 37.4 Å². The van der Waals surface area contributed by atoms with Crippen molar-refractivity contribution < 1.29 is 27.4 Å². The van der Waals surface area contributed by atoms with Crippen molar-refractivity contribution in [2.24, 2.45) is 0 Å². The molecule has 0 aromatic heterocycles. The number of rotatable bonds is 2. The summed E-state index contributed by atoms with van der Waals surface area (Å²) in [5.74, 6) is 1.09. The van der Waals surface area contributed by atoms with E-state index in [4.69, 9.17) is 9.47 Å². The molecule has 0 N–H and O–H groups in total. The van der Waals surface area contributed by atoms with Crippen molar-refractivity contribution >= 4 is 11.6 Å². The summed E-state index contributed by atoms with van der Waals surface area (Å²) in [6, 6.07) is 10.2. The number of hydrogen-bond donors (Lipinski definition) is 0. The number of amides is 1. The highest BCUT2D eigenvalue weighted by atomic mass is 19.4. The Balaban J connectivity index is 1.39. The van der Waals surface area contributed by atoms with E-state index >= 15 is 0 Å². The smallest absolute Gasteiger partial charge is 0.416 e. The van der Waals surface area contributed by atoms with E-state index in [2.05, 4.69) is 0 Å². The average molecular weight is 378 g/mol. The number of carbonyl (C=O) groups is 1. The molecule has 142 valence electrons. The molecule has 0 unspecified atom stereocenters. The summed E-state index contributed by atoms with van der Waals surface area (Å²) in [4.78, 5) is 16.4. The second-order valence-electron chi connectivity index (χ2n) is 6.39. The number of nitrogens with zero attached hydrogens (tertiary/aromatic N) is 2. The maximum Gasteiger partial charge on any atom is 0.416 e. The molecular formula is C19H17F3N2O3. The lowest BCUT2D eigenvalue weighted by Crippen LogP contribution is -2.48. The molecule has 1 saturated heterocycles. The van der Waals surface area contributed by atoms with Gasteiger partial charge in [0.05, 0.1) is 5.56 Å². The van der Waals surface area contributed by atoms with Gasteiger partial charge in [0.2, 0.25) is 6.79 Å². The zero-order valence-corrected chi connectivity index (χ0v) is 14.3. The van der Waals surface area contributed by atoms with Crippen LogP contribution in [0.25, 0.3) is 0 Å². The largest absolute Gasteiger partial charge is 0.454 e. The fourth-order valence-corrected chi connectivity index (χ4v) is 3.24. The topological polar surface area (TPSA) is 42.0 Å². The lowest BCUT2D eigenvalue weighted by molar-refractivity contribution is -0.137. The molecule has 0 bridgehead atoms. The first-order chi connectivity index (χ1) is 12.9. The number of piperazine rings is 1. The summed E-state index contributed by atoms with van der Waals surface area (Å²) in [7, 11) is 0. The van der Waals surface area contributed by atoms with Crippen LogP contribution in [0, 0.1) is 0 Å². The number of benzene rings is 2. The highest BCUT2D eigenvalue weighted by Gasteiger charge is 2.30. The summed E-state index contributed by atoms with van der Waals surface area (Å²) in [6.45, 7) is 2.25. The number of fused-ring (bicyclic) bond motifs is 1. The fourth-order valence-electron chi connectivity index (χ4n) is 3.24. The Kier molecular flexibility index (Phi) is 4.33. The molecule has 27 heavy (non-hydrogen) atoms. The normalized spacial score (nSPS) is 16.6. The van der Waals surface area contributed by atoms with Gasteiger partial charge in [-0.2, -0.15) is 13.2 Å². The van der Waals surface area contributed by atoms with Gasteiger partial charge >= 0.3 is 6.18 Å². The number of hydrogen-bond acceptors (Lipinski definition) is 4. The number of ether oxygens (including phenoxy) is 2. The highest BCUT2D eigenvalue weighted by Crippen LogP contribution is 2.33. The molecule has 0 spiro atoms. The zero-order valence-electron chi connectivity index (χ0n) is 14.3. The molecule has 2 aromatic carbocycles. The summed E-state index contributed by atoms with van der Waals surface area (Å²) >= 11 is 0. The van der Waals surface area contributed by atoms with Gasteiger partial charge in [-0.3, -0.25) is 4.79 Å². The van der Waals surface area contributed by atoms with Gasteiger partial charge in [0.1, 0.15) is 0 Å². The van der Waals surface area contributed by atoms with Gasteiger partial charge in [0.15, 0.2) is 11.5 Å². The first-order valence-electron chi connectivity index (χ1n) is 8.53. The van der Waals surface area contributed by atoms with Crippen molar-refractivity contribution in [1.29, 1.82) is 0 Å². The van der Waals surface area contributed by atoms with E-state index < -0.39 is 11.7 Å². The van der Waals surface area contributed by atoms with E-state index in [0.717, 1.165) is 17.8 Å². The van der Waals surface area contributed by atoms with Gasteiger partial charge in [-0.15, -0.1) is 0 Å². The van der Waals surface area contributed by atoms with Crippen molar-refractivity contribution in [2.75, 3.05) is 37.9 Å². The Bertz CT molecular complexity index is 844. The Morgan fingerprint density at radius 2 is 1.56 bits per heavy atom. The van der Waals surface area contributed by atoms with Crippen LogP contribution in [0.5, 0.6) is 11.5 Å². The van der Waals surface area contributed by atoms with Crippen molar-refractivity contribution in [3.05, 3.63) is 53.6 Å². The van der Waals surface area contributed by atoms with Gasteiger partial charge in [-0.25, -0.2) is 0 Å². The lowest BCUT2D eigenvalue weighted by atomic mass is 10.1. The first kappa shape index (κ1) is 17.5. The Morgan fingerprint density at radius 3 is 2.22 bits per heavy atom. The third kappa shape index (κ3) is 3.51. The lowest BCUT2D eigenvalue weighted by Gasteiger charge is -2.36. The van der Waals surface area contributed by atoms with Crippen LogP contribution in [0.15, 0.2) is 42.5 Å². The van der Waals surface area contributed by atoms with Crippen LogP contribution in [0.1, 0.15) is 15.9 Å². The molecular weight excluding hydrogens is 361 g/mol. The van der Waals surface area contributed by atoms with E-state index in [1.165, 1.54) is 12.1 Å². The van der Waals surface area contributed by atoms with Crippen LogP contribution in [0.4, 0.5) is 18.9 Å². The molecule has 5 nitrogen and oxygen atoms in total. The van der Waals surface area contributed by atoms with Gasteiger partial charge in [-0.1, -0.05) is 0 Å². The molecule has 2 aliphatic rings. The number of carbonyl (C=O) groups excluding carboxylic acids is 1. The number of alkyl halides is 3. The van der Waals surface area contributed by atoms with E-state index in [1.54, 1.807) is 23.1 Å². The molecule has 2 aromatic rings. The van der Waals surface area contributed by atoms with Gasteiger partial charge in [0.25, 0.3) is 5.91 Å². The summed E-state index contributed by atoms with van der Waals surface area (Å²) < 4.78 is 48.6. The molecule has 0 radical (unpaired) electrons. The Hall–Kier alpha value is -2.90. The number of halogens is 3. The third-order valence-electron chi connectivity index (χ3n) is 4.75. The first-order valence-corrected chi connectivity index (χ1v) is 8.53. The minimum atomic E-state index is -4.34. The maximum absolute atomic E-state index is 12.7. The average Bonchev–Trinajstić information content (AvgIpc) is 3.15. The Morgan fingerprint density at radius 1 is 0.889 bits per heavy atom. The second kappa shape index (κ2) is 6.68. The van der Waals surface area contributed by atoms with Crippen LogP contribution in [0.3, 0.4) is 0 Å². The monoisotopic (exact) mass is 378 g/mol. The van der Waals surface area contributed by atoms with Crippen LogP contribution in [-0.2, 0) is 6.18 Å². The molecule has 0 aliphatic carbocycles. The minimum Gasteiger partial charge on any atom is -0.454 e. The predicted octanol–water partition coefficient (Wildman–Crippen LogP) is 3.40. The molecule has 1 fully saturated rings. The van der Waals surface area contributed by atoms with Crippen LogP contribution >= 0.6 is 0 Å². The minimum absolute atomic E-state index is 0.0969. The summed E-state index contributed by atoms with van der Waals surface area (Å²) in [5.41, 5.74) is 0.586. The predicted molar refractivity (Wildman–Crippen MR) is 92.1 cm³/mol. The van der Waals surface area contributed by atoms with Gasteiger partial charge in [-0.05, 0) is 42.5 Å². The third-order valence-corrected chi connectivity index (χ3v) is 4.75. The van der Waals surface area contributed by atoms with Crippen molar-refractivity contribution in [2.45, 2.75) is 6.18 Å². The van der Waals surface area contributed by atoms with Crippen molar-refractivity contribution in [3.63, 3.8) is 0 Å². The molecule has 1 amide bonds. The second-order valence-corrected chi connectivity index (χ2v) is 6.39. The maximum atomic E-state index is 12.7. The summed E-state index contributed by atoms with van der Waals surface area (Å²) in [5, 5.41) is 0. The van der Waals surface area contributed by atoms with E-state index in [1.807, 2.05) is 4.90 Å². The van der Waals surface area contributed by atoms with E-state index in [0.29, 0.717) is 43.2 Å². The molecule has 8 heteroatoms. The van der Waals surface area contributed by atoms with Crippen LogP contribution in [-0.4, -0.2) is 43.8 Å². The highest BCUT2D eigenvalue weighted by molar-refractivity contribution is 5.95. The zero-order chi connectivity index (χ0) is 19.0. The fraction of sp³-hybridized carbons (Fsp3) is 0.316. The number of anilines is 1. The molecule has 4 rings (SSSR count). The standard InChI is InChI=1S/C19H17F3N2O3/c20-19(21,22)14-2-4-15(5-3-14)23-7-9-24(10-8-23)18(25)13-1-6-16-17(11-13)27-12-26-16/h1-6,11H,7-10,12H2. The molecule has 2 heterocycles. The van der Waals surface area contributed by atoms with E-state index in [-0.39, 0.29) is 12.7 Å². The molecule has 0 atom stereocenters. The van der Waals surface area contributed by atoms with Crippen LogP contribution < -0.4 is 14.4 Å². The van der Waals surface area contributed by atoms with Crippen LogP contribution in [0.2, 0.25) is 0 Å². The van der Waals surface area contributed by atoms with E-state index in [9.17, 15) is 18.0 Å². The summed E-state index contributed by atoms with van der Waals surface area (Å²) in [6.07, 6.45) is -4.34. The van der Waals surface area contributed by atoms with Gasteiger partial charge < -0.3 is 19.3 Å². The van der Waals surface area contributed by atoms with Crippen molar-refractivity contribution in [3.8, 4) is 11.5 Å². The quantitative estimate of drug-likeness (QED) is 0.803. The SMILES string of the molecule is O=C(c1ccc2c(c1)OCO2)N1CCN(c2ccc(C(F)(F)F)cc2)CC1. The molecule has 0 saturated carbocycles. The van der Waals surface area contributed by atoms with Crippen molar-refractivity contribution in [1.82, 2.24) is 4.90 Å². The Labute approximate surface area is 153 Å².